The molecule has 1 heterocycles. The molecule has 0 spiro atoms. The van der Waals surface area contributed by atoms with Crippen LogP contribution in [0.15, 0.2) is 24.3 Å². The standard InChI is InChI=1S/C13H16N2O3S/c1-9(2)13-14(12(16)8-19-13)7-10-3-5-11(6-4-10)15(17)18/h3-6,9,13H,7-8H2,1-2H3. The van der Waals surface area contributed by atoms with Crippen molar-refractivity contribution in [2.24, 2.45) is 5.92 Å². The van der Waals surface area contributed by atoms with E-state index >= 15 is 0 Å². The Bertz CT molecular complexity index is 487. The van der Waals surface area contributed by atoms with Crippen LogP contribution in [0.25, 0.3) is 0 Å². The predicted molar refractivity (Wildman–Crippen MR) is 74.7 cm³/mol. The number of benzene rings is 1. The molecule has 0 N–H and O–H groups in total. The quantitative estimate of drug-likeness (QED) is 0.628. The summed E-state index contributed by atoms with van der Waals surface area (Å²) in [4.78, 5) is 23.9. The molecule has 1 aromatic carbocycles. The average molecular weight is 280 g/mol. The molecule has 5 nitrogen and oxygen atoms in total. The van der Waals surface area contributed by atoms with E-state index in [2.05, 4.69) is 13.8 Å². The minimum Gasteiger partial charge on any atom is -0.325 e. The highest BCUT2D eigenvalue weighted by atomic mass is 32.2. The molecule has 2 rings (SSSR count). The van der Waals surface area contributed by atoms with Crippen LogP contribution in [0.4, 0.5) is 5.69 Å². The normalized spacial score (nSPS) is 19.2. The number of thioether (sulfide) groups is 1. The van der Waals surface area contributed by atoms with Gasteiger partial charge in [0, 0.05) is 18.7 Å². The van der Waals surface area contributed by atoms with Gasteiger partial charge in [0.1, 0.15) is 0 Å². The van der Waals surface area contributed by atoms with Gasteiger partial charge >= 0.3 is 0 Å². The van der Waals surface area contributed by atoms with E-state index in [1.165, 1.54) is 12.1 Å². The number of carbonyl (C=O) groups is 1. The van der Waals surface area contributed by atoms with E-state index < -0.39 is 4.92 Å². The van der Waals surface area contributed by atoms with Crippen LogP contribution in [-0.4, -0.2) is 26.9 Å². The molecule has 0 aliphatic carbocycles. The third-order valence-electron chi connectivity index (χ3n) is 3.08. The molecule has 0 bridgehead atoms. The topological polar surface area (TPSA) is 63.5 Å². The lowest BCUT2D eigenvalue weighted by Gasteiger charge is -2.26. The number of nitrogens with zero attached hydrogens (tertiary/aromatic N) is 2. The van der Waals surface area contributed by atoms with E-state index in [0.717, 1.165) is 5.56 Å². The van der Waals surface area contributed by atoms with Crippen LogP contribution >= 0.6 is 11.8 Å². The smallest absolute Gasteiger partial charge is 0.269 e. The molecule has 1 aliphatic rings. The molecule has 1 atom stereocenters. The van der Waals surface area contributed by atoms with Crippen molar-refractivity contribution in [3.63, 3.8) is 0 Å². The van der Waals surface area contributed by atoms with E-state index in [0.29, 0.717) is 18.2 Å². The Morgan fingerprint density at radius 3 is 2.58 bits per heavy atom. The Labute approximate surface area is 116 Å². The van der Waals surface area contributed by atoms with Crippen LogP contribution in [0.3, 0.4) is 0 Å². The molecule has 1 unspecified atom stereocenters. The number of non-ortho nitro benzene ring substituents is 1. The number of rotatable bonds is 4. The summed E-state index contributed by atoms with van der Waals surface area (Å²) in [5.74, 6) is 1.06. The average Bonchev–Trinajstić information content (AvgIpc) is 2.72. The van der Waals surface area contributed by atoms with Gasteiger partial charge in [-0.2, -0.15) is 0 Å². The Morgan fingerprint density at radius 2 is 2.05 bits per heavy atom. The summed E-state index contributed by atoms with van der Waals surface area (Å²) in [6.45, 7) is 4.71. The number of carbonyl (C=O) groups excluding carboxylic acids is 1. The highest BCUT2D eigenvalue weighted by Gasteiger charge is 2.33. The lowest BCUT2D eigenvalue weighted by Crippen LogP contribution is -2.35. The zero-order valence-corrected chi connectivity index (χ0v) is 11.7. The van der Waals surface area contributed by atoms with Gasteiger partial charge in [-0.1, -0.05) is 26.0 Å². The zero-order valence-electron chi connectivity index (χ0n) is 10.9. The summed E-state index contributed by atoms with van der Waals surface area (Å²) in [7, 11) is 0. The van der Waals surface area contributed by atoms with Gasteiger partial charge in [-0.3, -0.25) is 14.9 Å². The van der Waals surface area contributed by atoms with Crippen molar-refractivity contribution < 1.29 is 9.72 Å². The van der Waals surface area contributed by atoms with Gasteiger partial charge in [0.2, 0.25) is 5.91 Å². The summed E-state index contributed by atoms with van der Waals surface area (Å²) < 4.78 is 0. The van der Waals surface area contributed by atoms with Gasteiger partial charge in [0.15, 0.2) is 0 Å². The summed E-state index contributed by atoms with van der Waals surface area (Å²) in [5, 5.41) is 10.8. The summed E-state index contributed by atoms with van der Waals surface area (Å²) >= 11 is 1.66. The van der Waals surface area contributed by atoms with Crippen molar-refractivity contribution in [3.8, 4) is 0 Å². The molecule has 0 radical (unpaired) electrons. The first kappa shape index (κ1) is 13.9. The Hall–Kier alpha value is -1.56. The molecule has 1 fully saturated rings. The van der Waals surface area contributed by atoms with Gasteiger partial charge < -0.3 is 4.90 Å². The summed E-state index contributed by atoms with van der Waals surface area (Å²) in [5.41, 5.74) is 0.999. The van der Waals surface area contributed by atoms with E-state index in [1.807, 2.05) is 4.90 Å². The maximum atomic E-state index is 11.9. The minimum absolute atomic E-state index is 0.0753. The molecule has 102 valence electrons. The van der Waals surface area contributed by atoms with Crippen LogP contribution in [0.1, 0.15) is 19.4 Å². The Kier molecular flexibility index (Phi) is 4.09. The number of nitro benzene ring substituents is 1. The van der Waals surface area contributed by atoms with E-state index in [9.17, 15) is 14.9 Å². The fourth-order valence-corrected chi connectivity index (χ4v) is 3.36. The van der Waals surface area contributed by atoms with E-state index in [1.54, 1.807) is 23.9 Å². The second-order valence-electron chi connectivity index (χ2n) is 4.89. The van der Waals surface area contributed by atoms with Crippen LogP contribution < -0.4 is 0 Å². The van der Waals surface area contributed by atoms with Crippen LogP contribution in [0, 0.1) is 16.0 Å². The van der Waals surface area contributed by atoms with Gasteiger partial charge in [-0.25, -0.2) is 0 Å². The SMILES string of the molecule is CC(C)C1SCC(=O)N1Cc1ccc([N+](=O)[O-])cc1. The van der Waals surface area contributed by atoms with Gasteiger partial charge in [0.25, 0.3) is 5.69 Å². The maximum Gasteiger partial charge on any atom is 0.269 e. The summed E-state index contributed by atoms with van der Waals surface area (Å²) in [6.07, 6.45) is 0. The lowest BCUT2D eigenvalue weighted by atomic mass is 10.1. The van der Waals surface area contributed by atoms with E-state index in [4.69, 9.17) is 0 Å². The van der Waals surface area contributed by atoms with E-state index in [-0.39, 0.29) is 17.0 Å². The van der Waals surface area contributed by atoms with Crippen molar-refractivity contribution in [2.75, 3.05) is 5.75 Å². The van der Waals surface area contributed by atoms with Crippen LogP contribution in [-0.2, 0) is 11.3 Å². The third-order valence-corrected chi connectivity index (χ3v) is 4.63. The monoisotopic (exact) mass is 280 g/mol. The Balaban J connectivity index is 2.11. The number of hydrogen-bond acceptors (Lipinski definition) is 4. The first-order valence-corrected chi connectivity index (χ1v) is 7.18. The number of hydrogen-bond donors (Lipinski definition) is 0. The highest BCUT2D eigenvalue weighted by molar-refractivity contribution is 8.01. The Morgan fingerprint density at radius 1 is 1.42 bits per heavy atom. The predicted octanol–water partition coefficient (Wildman–Crippen LogP) is 2.65. The minimum atomic E-state index is -0.419. The molecular weight excluding hydrogens is 264 g/mol. The molecule has 0 saturated carbocycles. The van der Waals surface area contributed by atoms with Gasteiger partial charge in [0.05, 0.1) is 16.1 Å². The molecule has 19 heavy (non-hydrogen) atoms. The maximum absolute atomic E-state index is 11.9. The second-order valence-corrected chi connectivity index (χ2v) is 6.00. The molecule has 0 aromatic heterocycles. The van der Waals surface area contributed by atoms with Crippen LogP contribution in [0.5, 0.6) is 0 Å². The molecule has 1 amide bonds. The largest absolute Gasteiger partial charge is 0.325 e. The van der Waals surface area contributed by atoms with Crippen molar-refractivity contribution in [3.05, 3.63) is 39.9 Å². The van der Waals surface area contributed by atoms with Crippen molar-refractivity contribution in [1.82, 2.24) is 4.90 Å². The first-order valence-electron chi connectivity index (χ1n) is 6.13. The first-order chi connectivity index (χ1) is 8.99. The highest BCUT2D eigenvalue weighted by Crippen LogP contribution is 2.31. The lowest BCUT2D eigenvalue weighted by molar-refractivity contribution is -0.384. The fraction of sp³-hybridized carbons (Fsp3) is 0.462. The number of nitro groups is 1. The number of amides is 1. The van der Waals surface area contributed by atoms with Gasteiger partial charge in [-0.05, 0) is 11.5 Å². The second kappa shape index (κ2) is 5.61. The van der Waals surface area contributed by atoms with Crippen molar-refractivity contribution in [1.29, 1.82) is 0 Å². The summed E-state index contributed by atoms with van der Waals surface area (Å²) in [6, 6.07) is 6.39. The fourth-order valence-electron chi connectivity index (χ4n) is 2.12. The molecule has 1 aromatic rings. The van der Waals surface area contributed by atoms with Crippen LogP contribution in [0.2, 0.25) is 0 Å². The zero-order chi connectivity index (χ0) is 14.0. The van der Waals surface area contributed by atoms with Crippen molar-refractivity contribution >= 4 is 23.4 Å². The molecule has 6 heteroatoms. The molecule has 1 saturated heterocycles. The molecular formula is C13H16N2O3S. The molecule has 1 aliphatic heterocycles. The van der Waals surface area contributed by atoms with Gasteiger partial charge in [-0.15, -0.1) is 11.8 Å². The van der Waals surface area contributed by atoms with Crippen molar-refractivity contribution in [2.45, 2.75) is 25.8 Å². The third kappa shape index (κ3) is 3.07.